The number of aliphatic imine (C=N–C) groups is 3. The first-order chi connectivity index (χ1) is 41.1. The predicted molar refractivity (Wildman–Crippen MR) is 320 cm³/mol. The first kappa shape index (κ1) is 67.5. The van der Waals surface area contributed by atoms with Crippen molar-refractivity contribution in [3.05, 3.63) is 35.4 Å². The van der Waals surface area contributed by atoms with E-state index in [1.807, 2.05) is 6.07 Å². The number of guanidine groups is 3. The molecule has 3 saturated heterocycles. The summed E-state index contributed by atoms with van der Waals surface area (Å²) in [5, 5.41) is 36.8. The Morgan fingerprint density at radius 1 is 0.721 bits per heavy atom. The van der Waals surface area contributed by atoms with E-state index in [1.165, 1.54) is 14.7 Å². The smallest absolute Gasteiger partial charge is 0.326 e. The fourth-order valence-electron chi connectivity index (χ4n) is 11.4. The molecule has 22 N–H and O–H groups in total. The molecule has 0 spiro atoms. The number of amides is 9. The lowest BCUT2D eigenvalue weighted by Gasteiger charge is -2.42. The molecule has 4 heterocycles. The summed E-state index contributed by atoms with van der Waals surface area (Å²) in [4.78, 5) is 156. The molecule has 1 saturated carbocycles. The lowest BCUT2D eigenvalue weighted by atomic mass is 9.84. The first-order valence-corrected chi connectivity index (χ1v) is 31.3. The van der Waals surface area contributed by atoms with Gasteiger partial charge in [-0.05, 0) is 87.7 Å². The molecule has 1 aromatic carbocycles. The number of aliphatic hydroxyl groups excluding tert-OH is 1. The van der Waals surface area contributed by atoms with Crippen molar-refractivity contribution in [1.29, 1.82) is 0 Å². The topological polar surface area (TPSA) is 512 Å². The maximum Gasteiger partial charge on any atom is 0.326 e. The van der Waals surface area contributed by atoms with Gasteiger partial charge in [-0.1, -0.05) is 58.7 Å². The van der Waals surface area contributed by atoms with Crippen molar-refractivity contribution in [2.45, 2.75) is 157 Å². The normalized spacial score (nSPS) is 23.8. The second kappa shape index (κ2) is 32.7. The monoisotopic (exact) mass is 1240 g/mol. The van der Waals surface area contributed by atoms with Gasteiger partial charge in [0.05, 0.1) is 19.2 Å². The molecule has 0 radical (unpaired) electrons. The van der Waals surface area contributed by atoms with Gasteiger partial charge in [-0.3, -0.25) is 58.1 Å². The van der Waals surface area contributed by atoms with E-state index in [9.17, 15) is 53.4 Å². The molecule has 11 atom stereocenters. The summed E-state index contributed by atoms with van der Waals surface area (Å²) in [5.74, 6) is -8.73. The number of carboxylic acids is 1. The van der Waals surface area contributed by atoms with Crippen LogP contribution in [0.15, 0.2) is 39.2 Å². The minimum atomic E-state index is -1.68. The van der Waals surface area contributed by atoms with Gasteiger partial charge in [-0.25, -0.2) is 4.79 Å². The molecule has 474 valence electrons. The molecule has 33 heteroatoms. The molecular formula is C53H83N19O12S2. The highest BCUT2D eigenvalue weighted by atomic mass is 33.1. The van der Waals surface area contributed by atoms with Gasteiger partial charge in [0.25, 0.3) is 0 Å². The molecule has 4 aliphatic heterocycles. The van der Waals surface area contributed by atoms with Crippen LogP contribution in [-0.2, 0) is 60.9 Å². The molecule has 1 aromatic rings. The van der Waals surface area contributed by atoms with Crippen LogP contribution < -0.4 is 72.0 Å². The standard InChI is InChI=1S/C53H83N19O12S2/c54-31(12-5-17-61-51(55)56)42(75)66-32(13-6-18-62-52(57)58)43(76)69-36-27-86-85-26-35(65-41(74)23-64-45(78)38-16-8-20-70(38)48(36)81)44(77)68-34(25-73)47(80)71-24-30-11-2-1-9-28(30)21-40(71)49(82)72-37-15-4-3-10-29(37)22-39(72)46(79)67-33(50(83)84)14-7-19-63-53(59)60/h1-2,9,11,29,31-40,73H,3-8,10,12-27,54H2,(H,64,78)(H,65,74)(H,66,75)(H,67,79)(H,68,77)(H,69,76)(H,83,84)(H4,55,56,61)(H4,57,58,62)(H4,59,60,63)/t29-,31+,32-,33-,34-,35-,36-,37-,38-,39-,40+/m0/s1. The van der Waals surface area contributed by atoms with Gasteiger partial charge in [-0.2, -0.15) is 0 Å². The summed E-state index contributed by atoms with van der Waals surface area (Å²) in [6, 6.07) is -4.64. The Balaban J connectivity index is 1.20. The van der Waals surface area contributed by atoms with Crippen molar-refractivity contribution in [3.63, 3.8) is 0 Å². The predicted octanol–water partition coefficient (Wildman–Crippen LogP) is -5.41. The Labute approximate surface area is 505 Å². The Bertz CT molecular complexity index is 2710. The summed E-state index contributed by atoms with van der Waals surface area (Å²) in [5.41, 5.74) is 40.3. The molecular weight excluding hydrogens is 1160 g/mol. The van der Waals surface area contributed by atoms with Crippen LogP contribution in [0.2, 0.25) is 0 Å². The van der Waals surface area contributed by atoms with Crippen molar-refractivity contribution in [1.82, 2.24) is 46.6 Å². The Morgan fingerprint density at radius 2 is 1.34 bits per heavy atom. The van der Waals surface area contributed by atoms with Gasteiger partial charge in [0.2, 0.25) is 53.2 Å². The van der Waals surface area contributed by atoms with Gasteiger partial charge in [-0.15, -0.1) is 0 Å². The molecule has 6 rings (SSSR count). The molecule has 0 bridgehead atoms. The minimum Gasteiger partial charge on any atom is -0.480 e. The molecule has 5 aliphatic rings. The summed E-state index contributed by atoms with van der Waals surface area (Å²) in [6.45, 7) is -1.11. The zero-order valence-corrected chi connectivity index (χ0v) is 49.6. The van der Waals surface area contributed by atoms with E-state index in [0.29, 0.717) is 24.8 Å². The van der Waals surface area contributed by atoms with Gasteiger partial charge in [0, 0.05) is 56.7 Å². The number of carboxylic acid groups (broad SMARTS) is 1. The lowest BCUT2D eigenvalue weighted by molar-refractivity contribution is -0.153. The number of fused-ring (bicyclic) bond motifs is 3. The van der Waals surface area contributed by atoms with E-state index in [2.05, 4.69) is 46.9 Å². The fraction of sp³-hybridized carbons (Fsp3) is 0.642. The lowest BCUT2D eigenvalue weighted by Crippen LogP contribution is -2.63. The van der Waals surface area contributed by atoms with Crippen molar-refractivity contribution < 1.29 is 58.2 Å². The largest absolute Gasteiger partial charge is 0.480 e. The highest BCUT2D eigenvalue weighted by molar-refractivity contribution is 8.76. The van der Waals surface area contributed by atoms with Crippen molar-refractivity contribution in [2.75, 3.05) is 50.8 Å². The molecule has 0 aromatic heterocycles. The Hall–Kier alpha value is -7.65. The third kappa shape index (κ3) is 18.9. The van der Waals surface area contributed by atoms with E-state index in [4.69, 9.17) is 40.1 Å². The third-order valence-corrected chi connectivity index (χ3v) is 18.2. The molecule has 1 aliphatic carbocycles. The number of aliphatic hydroxyl groups is 1. The van der Waals surface area contributed by atoms with Gasteiger partial charge >= 0.3 is 5.97 Å². The first-order valence-electron chi connectivity index (χ1n) is 28.9. The van der Waals surface area contributed by atoms with Crippen molar-refractivity contribution >= 4 is 98.6 Å². The average molecular weight is 1240 g/mol. The van der Waals surface area contributed by atoms with E-state index in [-0.39, 0.29) is 119 Å². The number of nitrogens with two attached hydrogens (primary N) is 7. The summed E-state index contributed by atoms with van der Waals surface area (Å²) in [6.07, 6.45) is 4.81. The number of carbonyl (C=O) groups excluding carboxylic acids is 9. The molecule has 0 unspecified atom stereocenters. The number of benzene rings is 1. The number of hydrogen-bond acceptors (Lipinski definition) is 17. The van der Waals surface area contributed by atoms with Crippen molar-refractivity contribution in [2.24, 2.45) is 61.0 Å². The van der Waals surface area contributed by atoms with Crippen LogP contribution in [0.25, 0.3) is 0 Å². The van der Waals surface area contributed by atoms with Crippen LogP contribution in [0.4, 0.5) is 0 Å². The van der Waals surface area contributed by atoms with Gasteiger partial charge < -0.3 is 96.9 Å². The number of nitrogens with zero attached hydrogens (tertiary/aromatic N) is 6. The maximum atomic E-state index is 15.3. The number of carbonyl (C=O) groups is 10. The summed E-state index contributed by atoms with van der Waals surface area (Å²) >= 11 is 0. The average Bonchev–Trinajstić information content (AvgIpc) is 2.07. The molecule has 4 fully saturated rings. The molecule has 31 nitrogen and oxygen atoms in total. The fourth-order valence-corrected chi connectivity index (χ4v) is 13.8. The van der Waals surface area contributed by atoms with Gasteiger partial charge in [0.15, 0.2) is 17.9 Å². The molecule has 86 heavy (non-hydrogen) atoms. The second-order valence-corrected chi connectivity index (χ2v) is 24.4. The highest BCUT2D eigenvalue weighted by Crippen LogP contribution is 2.41. The Kier molecular flexibility index (Phi) is 25.7. The van der Waals surface area contributed by atoms with E-state index < -0.39 is 133 Å². The second-order valence-electron chi connectivity index (χ2n) is 21.9. The third-order valence-electron chi connectivity index (χ3n) is 15.8. The highest BCUT2D eigenvalue weighted by Gasteiger charge is 2.51. The zero-order chi connectivity index (χ0) is 62.6. The Morgan fingerprint density at radius 3 is 1.99 bits per heavy atom. The number of rotatable bonds is 24. The van der Waals surface area contributed by atoms with Crippen LogP contribution in [0, 0.1) is 5.92 Å². The number of aliphatic carboxylic acids is 1. The molecule has 9 amide bonds. The quantitative estimate of drug-likeness (QED) is 0.0199. The van der Waals surface area contributed by atoms with E-state index >= 15 is 4.79 Å². The van der Waals surface area contributed by atoms with Crippen LogP contribution in [0.5, 0.6) is 0 Å². The maximum absolute atomic E-state index is 15.3. The minimum absolute atomic E-state index is 0.00193. The number of likely N-dealkylation sites (tertiary alicyclic amines) is 1. The van der Waals surface area contributed by atoms with E-state index in [0.717, 1.165) is 46.4 Å². The van der Waals surface area contributed by atoms with Gasteiger partial charge in [0.1, 0.15) is 48.3 Å². The van der Waals surface area contributed by atoms with Crippen LogP contribution in [0.3, 0.4) is 0 Å². The van der Waals surface area contributed by atoms with E-state index in [1.54, 1.807) is 18.2 Å². The number of nitrogens with one attached hydrogen (secondary N) is 6. The summed E-state index contributed by atoms with van der Waals surface area (Å²) < 4.78 is 0. The SMILES string of the molecule is NC(N)=NCCC[C@@H](N)C(=O)N[C@@H](CCCN=C(N)N)C(=O)N[C@H]1CSSC[C@@H](C(=O)N[C@@H](CO)C(=O)N2Cc3ccccc3C[C@@H]2C(=O)N2[C@H](C(=O)N[C@@H](CCCN=C(N)N)C(=O)O)C[C@@H]3CCCC[C@@H]32)NC(=O)CNC(=O)[C@@H]2CCCN2C1=O. The number of hydrogen-bond donors (Lipinski definition) is 15. The summed E-state index contributed by atoms with van der Waals surface area (Å²) in [7, 11) is 2.07. The van der Waals surface area contributed by atoms with Crippen molar-refractivity contribution in [3.8, 4) is 0 Å². The zero-order valence-electron chi connectivity index (χ0n) is 47.9. The van der Waals surface area contributed by atoms with Crippen LogP contribution in [-0.4, -0.2) is 213 Å². The van der Waals surface area contributed by atoms with Crippen LogP contribution in [0.1, 0.15) is 94.6 Å². The van der Waals surface area contributed by atoms with Crippen LogP contribution >= 0.6 is 21.6 Å².